The number of unbranched alkanes of at least 4 members (excludes halogenated alkanes) is 6. The van der Waals surface area contributed by atoms with Gasteiger partial charge in [-0.25, -0.2) is 0 Å². The lowest BCUT2D eigenvalue weighted by Gasteiger charge is -2.27. The zero-order valence-electron chi connectivity index (χ0n) is 43.6. The second kappa shape index (κ2) is 31.5. The summed E-state index contributed by atoms with van der Waals surface area (Å²) in [6.07, 6.45) is 7.35. The normalized spacial score (nSPS) is 20.5. The number of amides is 8. The van der Waals surface area contributed by atoms with Crippen molar-refractivity contribution in [2.24, 2.45) is 17.2 Å². The third-order valence-corrected chi connectivity index (χ3v) is 15.5. The summed E-state index contributed by atoms with van der Waals surface area (Å²) in [4.78, 5) is 116. The number of nitrogens with one attached hydrogen (secondary N) is 8. The Morgan fingerprint density at radius 1 is 0.740 bits per heavy atom. The maximum Gasteiger partial charge on any atom is 0.247 e. The quantitative estimate of drug-likeness (QED) is 0.0352. The molecule has 16 N–H and O–H groups in total. The van der Waals surface area contributed by atoms with Crippen LogP contribution in [-0.2, 0) is 51.2 Å². The summed E-state index contributed by atoms with van der Waals surface area (Å²) in [6.45, 7) is 3.65. The largest absolute Gasteiger partial charge is 0.508 e. The van der Waals surface area contributed by atoms with Gasteiger partial charge in [0.1, 0.15) is 48.0 Å². The first-order chi connectivity index (χ1) is 37.0. The summed E-state index contributed by atoms with van der Waals surface area (Å²) in [7, 11) is 2.02. The van der Waals surface area contributed by atoms with Crippen LogP contribution < -0.4 is 54.4 Å². The number of rotatable bonds is 24. The Bertz CT molecular complexity index is 2590. The lowest BCUT2D eigenvalue weighted by molar-refractivity contribution is -0.135. The van der Waals surface area contributed by atoms with E-state index in [0.717, 1.165) is 64.6 Å². The van der Waals surface area contributed by atoms with Gasteiger partial charge in [-0.15, -0.1) is 0 Å². The Balaban J connectivity index is 1.55. The molecule has 4 aromatic rings. The van der Waals surface area contributed by atoms with Crippen molar-refractivity contribution < 1.29 is 48.6 Å². The van der Waals surface area contributed by atoms with Gasteiger partial charge in [-0.05, 0) is 74.0 Å². The molecule has 23 heteroatoms. The molecule has 77 heavy (non-hydrogen) atoms. The van der Waals surface area contributed by atoms with E-state index >= 15 is 0 Å². The van der Waals surface area contributed by atoms with Gasteiger partial charge in [-0.3, -0.25) is 38.4 Å². The molecule has 0 spiro atoms. The molecular weight excluding hydrogens is 1030 g/mol. The first kappa shape index (κ1) is 61.2. The molecular formula is C54H75N11O10S2. The van der Waals surface area contributed by atoms with Crippen molar-refractivity contribution in [1.29, 1.82) is 0 Å². The molecule has 1 unspecified atom stereocenters. The molecule has 8 amide bonds. The van der Waals surface area contributed by atoms with Crippen molar-refractivity contribution in [3.8, 4) is 5.75 Å². The van der Waals surface area contributed by atoms with E-state index in [4.69, 9.17) is 17.2 Å². The molecule has 5 rings (SSSR count). The molecule has 9 atom stereocenters. The average Bonchev–Trinajstić information content (AvgIpc) is 3.82. The number of H-pyrrole nitrogens is 1. The second-order valence-corrected chi connectivity index (χ2v) is 21.8. The van der Waals surface area contributed by atoms with Crippen LogP contribution >= 0.6 is 21.6 Å². The highest BCUT2D eigenvalue weighted by Gasteiger charge is 2.36. The van der Waals surface area contributed by atoms with Gasteiger partial charge in [0.05, 0.1) is 12.1 Å². The van der Waals surface area contributed by atoms with Crippen LogP contribution in [0.5, 0.6) is 5.75 Å². The van der Waals surface area contributed by atoms with Crippen LogP contribution in [0.4, 0.5) is 0 Å². The number of aromatic hydroxyl groups is 1. The van der Waals surface area contributed by atoms with E-state index in [1.54, 1.807) is 36.5 Å². The van der Waals surface area contributed by atoms with Crippen LogP contribution in [0.15, 0.2) is 85.1 Å². The number of nitrogens with two attached hydrogens (primary N) is 3. The first-order valence-corrected chi connectivity index (χ1v) is 28.7. The minimum Gasteiger partial charge on any atom is -0.508 e. The minimum absolute atomic E-state index is 0.0132. The van der Waals surface area contributed by atoms with Gasteiger partial charge in [-0.1, -0.05) is 128 Å². The smallest absolute Gasteiger partial charge is 0.247 e. The summed E-state index contributed by atoms with van der Waals surface area (Å²) >= 11 is 0. The summed E-state index contributed by atoms with van der Waals surface area (Å²) in [5, 5.41) is 40.4. The van der Waals surface area contributed by atoms with E-state index < -0.39 is 102 Å². The van der Waals surface area contributed by atoms with Gasteiger partial charge < -0.3 is 69.6 Å². The van der Waals surface area contributed by atoms with Crippen LogP contribution in [0.2, 0.25) is 0 Å². The summed E-state index contributed by atoms with van der Waals surface area (Å²) in [5.74, 6) is -7.17. The van der Waals surface area contributed by atoms with Crippen molar-refractivity contribution in [3.05, 3.63) is 102 Å². The van der Waals surface area contributed by atoms with Crippen LogP contribution in [-0.4, -0.2) is 129 Å². The highest BCUT2D eigenvalue weighted by atomic mass is 33.1. The number of hydrogen-bond acceptors (Lipinski definition) is 14. The first-order valence-electron chi connectivity index (χ1n) is 26.2. The summed E-state index contributed by atoms with van der Waals surface area (Å²) in [6, 6.07) is 10.9. The van der Waals surface area contributed by atoms with Gasteiger partial charge in [-0.2, -0.15) is 0 Å². The number of benzene rings is 3. The fourth-order valence-electron chi connectivity index (χ4n) is 8.67. The fourth-order valence-corrected chi connectivity index (χ4v) is 11.0. The molecule has 2 heterocycles. The predicted octanol–water partition coefficient (Wildman–Crippen LogP) is 1.89. The number of phenolic OH excluding ortho intramolecular Hbond substituents is 1. The summed E-state index contributed by atoms with van der Waals surface area (Å²) < 4.78 is 0. The minimum atomic E-state index is -1.55. The van der Waals surface area contributed by atoms with Crippen molar-refractivity contribution in [3.63, 3.8) is 0 Å². The SMILES string of the molecule is CCCCCCCCC(N)C(=O)N[C@H](Cc1ccccc1)C(=O)N[C@H]1CSSC[C@@H](C(=O)N[C@H](C(N)=O)[C@@H](C)O)NC(=O)[C@H](CCCCN)NC(=O)[C@@H](Cc2c[nH]c3ccccc23)NC(=O)[C@H](c2ccc(O)cc2)NC1=O. The lowest BCUT2D eigenvalue weighted by atomic mass is 10.0. The Labute approximate surface area is 456 Å². The Morgan fingerprint density at radius 2 is 1.40 bits per heavy atom. The molecule has 3 aromatic carbocycles. The topological polar surface area (TPSA) is 355 Å². The number of phenols is 1. The lowest BCUT2D eigenvalue weighted by Crippen LogP contribution is -2.60. The standard InChI is InChI=1S/C54H75N11O10S2/c1-3-4-5-6-7-11-19-38(56)48(69)60-41(27-33-16-9-8-10-17-33)50(71)63-44-31-77-76-30-43(52(73)64-45(32(2)66)47(57)68)62-49(70)40(21-14-15-26-55)59-51(72)42(28-35-29-58-39-20-13-12-18-37(35)39)61-54(75)46(65-53(44)74)34-22-24-36(67)25-23-34/h8-10,12-13,16-18,20,22-25,29,32,38,40-46,58,66-67H,3-7,11,14-15,19,21,26-28,30-31,55-56H2,1-2H3,(H2,57,68)(H,59,72)(H,60,69)(H,61,75)(H,62,70)(H,63,71)(H,64,73)(H,65,74)/t32-,38?,40+,41-,42-,43+,44+,45+,46+/m1/s1. The molecule has 0 aliphatic carbocycles. The number of aliphatic hydroxyl groups is 1. The maximum absolute atomic E-state index is 14.8. The highest BCUT2D eigenvalue weighted by molar-refractivity contribution is 8.76. The number of aromatic amines is 1. The number of primary amides is 1. The third-order valence-electron chi connectivity index (χ3n) is 13.1. The average molecular weight is 1100 g/mol. The number of aromatic nitrogens is 1. The number of aliphatic hydroxyl groups excluding tert-OH is 1. The van der Waals surface area contributed by atoms with Crippen LogP contribution in [0.1, 0.15) is 101 Å². The van der Waals surface area contributed by atoms with Crippen LogP contribution in [0, 0.1) is 0 Å². The van der Waals surface area contributed by atoms with Gasteiger partial charge in [0.15, 0.2) is 0 Å². The van der Waals surface area contributed by atoms with E-state index in [1.807, 2.05) is 24.3 Å². The molecule has 0 saturated carbocycles. The zero-order chi connectivity index (χ0) is 55.9. The second-order valence-electron chi connectivity index (χ2n) is 19.2. The van der Waals surface area contributed by atoms with E-state index in [0.29, 0.717) is 36.8 Å². The van der Waals surface area contributed by atoms with E-state index in [1.165, 1.54) is 31.2 Å². The van der Waals surface area contributed by atoms with Crippen molar-refractivity contribution in [2.75, 3.05) is 18.1 Å². The maximum atomic E-state index is 14.8. The van der Waals surface area contributed by atoms with E-state index in [-0.39, 0.29) is 48.6 Å². The monoisotopic (exact) mass is 1100 g/mol. The third kappa shape index (κ3) is 19.4. The molecule has 21 nitrogen and oxygen atoms in total. The fraction of sp³-hybridized carbons (Fsp3) is 0.481. The Kier molecular flexibility index (Phi) is 25.1. The molecule has 1 saturated heterocycles. The van der Waals surface area contributed by atoms with Gasteiger partial charge in [0, 0.05) is 41.4 Å². The van der Waals surface area contributed by atoms with Crippen molar-refractivity contribution >= 4 is 79.7 Å². The molecule has 1 aromatic heterocycles. The van der Waals surface area contributed by atoms with E-state index in [2.05, 4.69) is 49.1 Å². The number of carbonyl (C=O) groups excluding carboxylic acids is 8. The number of para-hydroxylation sites is 1. The number of hydrogen-bond donors (Lipinski definition) is 13. The predicted molar refractivity (Wildman–Crippen MR) is 297 cm³/mol. The van der Waals surface area contributed by atoms with Gasteiger partial charge >= 0.3 is 0 Å². The van der Waals surface area contributed by atoms with Crippen molar-refractivity contribution in [1.82, 2.24) is 42.2 Å². The molecule has 1 aliphatic heterocycles. The number of fused-ring (bicyclic) bond motifs is 1. The molecule has 418 valence electrons. The Morgan fingerprint density at radius 3 is 2.10 bits per heavy atom. The molecule has 1 aliphatic rings. The Hall–Kier alpha value is -6.66. The van der Waals surface area contributed by atoms with Gasteiger partial charge in [0.2, 0.25) is 47.3 Å². The van der Waals surface area contributed by atoms with E-state index in [9.17, 15) is 48.6 Å². The zero-order valence-corrected chi connectivity index (χ0v) is 45.2. The molecule has 0 radical (unpaired) electrons. The van der Waals surface area contributed by atoms with Crippen LogP contribution in [0.25, 0.3) is 10.9 Å². The number of carbonyl (C=O) groups is 8. The van der Waals surface area contributed by atoms with Crippen molar-refractivity contribution in [2.45, 2.75) is 145 Å². The highest BCUT2D eigenvalue weighted by Crippen LogP contribution is 2.26. The molecule has 0 bridgehead atoms. The molecule has 1 fully saturated rings. The summed E-state index contributed by atoms with van der Waals surface area (Å²) in [5.41, 5.74) is 20.0. The van der Waals surface area contributed by atoms with Crippen LogP contribution in [0.3, 0.4) is 0 Å². The van der Waals surface area contributed by atoms with Gasteiger partial charge in [0.25, 0.3) is 0 Å².